The SMILES string of the molecule is CCOc1nc(C(CS(C)(=O)=O)n2c(=O)[nH]c3cc(-c4cccc(F)c4F)cnc32)ccc1OC. The molecular formula is C23H22F2N4O5S. The fourth-order valence-electron chi connectivity index (χ4n) is 3.78. The summed E-state index contributed by atoms with van der Waals surface area (Å²) < 4.78 is 64.5. The molecule has 1 unspecified atom stereocenters. The largest absolute Gasteiger partial charge is 0.491 e. The van der Waals surface area contributed by atoms with E-state index in [-0.39, 0.29) is 40.5 Å². The summed E-state index contributed by atoms with van der Waals surface area (Å²) in [4.78, 5) is 24.3. The molecule has 1 N–H and O–H groups in total. The summed E-state index contributed by atoms with van der Waals surface area (Å²) in [5.41, 5.74) is 0.147. The predicted molar refractivity (Wildman–Crippen MR) is 126 cm³/mol. The molecule has 9 nitrogen and oxygen atoms in total. The van der Waals surface area contributed by atoms with Gasteiger partial charge in [0, 0.05) is 23.6 Å². The van der Waals surface area contributed by atoms with Crippen LogP contribution in [0.1, 0.15) is 18.7 Å². The summed E-state index contributed by atoms with van der Waals surface area (Å²) in [7, 11) is -2.15. The maximum atomic E-state index is 14.3. The van der Waals surface area contributed by atoms with E-state index in [4.69, 9.17) is 9.47 Å². The van der Waals surface area contributed by atoms with Gasteiger partial charge < -0.3 is 14.5 Å². The maximum absolute atomic E-state index is 14.3. The molecule has 3 heterocycles. The van der Waals surface area contributed by atoms with Crippen molar-refractivity contribution in [1.82, 2.24) is 19.5 Å². The number of hydrogen-bond acceptors (Lipinski definition) is 7. The quantitative estimate of drug-likeness (QED) is 0.392. The van der Waals surface area contributed by atoms with E-state index in [0.29, 0.717) is 5.75 Å². The molecule has 0 aliphatic heterocycles. The van der Waals surface area contributed by atoms with Gasteiger partial charge in [-0.3, -0.25) is 4.57 Å². The van der Waals surface area contributed by atoms with Gasteiger partial charge in [0.1, 0.15) is 9.84 Å². The number of methoxy groups -OCH3 is 1. The fraction of sp³-hybridized carbons (Fsp3) is 0.261. The number of sulfone groups is 1. The van der Waals surface area contributed by atoms with E-state index in [1.807, 2.05) is 0 Å². The maximum Gasteiger partial charge on any atom is 0.328 e. The van der Waals surface area contributed by atoms with Crippen LogP contribution in [0.25, 0.3) is 22.3 Å². The molecule has 0 fully saturated rings. The summed E-state index contributed by atoms with van der Waals surface area (Å²) in [5, 5.41) is 0. The van der Waals surface area contributed by atoms with Crippen LogP contribution in [-0.4, -0.2) is 53.7 Å². The molecule has 0 spiro atoms. The molecule has 1 atom stereocenters. The van der Waals surface area contributed by atoms with Crippen LogP contribution < -0.4 is 15.2 Å². The van der Waals surface area contributed by atoms with Crippen molar-refractivity contribution < 1.29 is 26.7 Å². The van der Waals surface area contributed by atoms with E-state index in [0.717, 1.165) is 12.3 Å². The Morgan fingerprint density at radius 2 is 1.97 bits per heavy atom. The minimum Gasteiger partial charge on any atom is -0.491 e. The molecule has 0 aliphatic carbocycles. The number of fused-ring (bicyclic) bond motifs is 1. The van der Waals surface area contributed by atoms with Crippen molar-refractivity contribution in [3.63, 3.8) is 0 Å². The number of aromatic nitrogens is 4. The van der Waals surface area contributed by atoms with Crippen molar-refractivity contribution in [2.75, 3.05) is 25.7 Å². The highest BCUT2D eigenvalue weighted by Crippen LogP contribution is 2.30. The van der Waals surface area contributed by atoms with Crippen molar-refractivity contribution in [1.29, 1.82) is 0 Å². The smallest absolute Gasteiger partial charge is 0.328 e. The Labute approximate surface area is 199 Å². The van der Waals surface area contributed by atoms with Crippen LogP contribution in [0.15, 0.2) is 47.4 Å². The van der Waals surface area contributed by atoms with Crippen LogP contribution in [0.5, 0.6) is 11.6 Å². The minimum absolute atomic E-state index is 0.0288. The van der Waals surface area contributed by atoms with Gasteiger partial charge in [-0.05, 0) is 31.2 Å². The molecule has 4 rings (SSSR count). The highest BCUT2D eigenvalue weighted by Gasteiger charge is 2.27. The number of nitrogens with zero attached hydrogens (tertiary/aromatic N) is 3. The average molecular weight is 505 g/mol. The minimum atomic E-state index is -3.59. The van der Waals surface area contributed by atoms with E-state index < -0.39 is 39.0 Å². The Morgan fingerprint density at radius 3 is 2.66 bits per heavy atom. The number of halogens is 2. The molecule has 0 saturated heterocycles. The second-order valence-corrected chi connectivity index (χ2v) is 9.97. The third-order valence-electron chi connectivity index (χ3n) is 5.28. The number of nitrogens with one attached hydrogen (secondary N) is 1. The highest BCUT2D eigenvalue weighted by molar-refractivity contribution is 7.90. The number of rotatable bonds is 8. The van der Waals surface area contributed by atoms with E-state index >= 15 is 0 Å². The molecule has 184 valence electrons. The summed E-state index contributed by atoms with van der Waals surface area (Å²) in [5.74, 6) is -2.02. The highest BCUT2D eigenvalue weighted by atomic mass is 32.2. The second kappa shape index (κ2) is 9.45. The zero-order chi connectivity index (χ0) is 25.3. The van der Waals surface area contributed by atoms with Gasteiger partial charge in [0.05, 0.1) is 36.7 Å². The third-order valence-corrected chi connectivity index (χ3v) is 6.20. The van der Waals surface area contributed by atoms with Crippen molar-refractivity contribution in [2.45, 2.75) is 13.0 Å². The topological polar surface area (TPSA) is 116 Å². The van der Waals surface area contributed by atoms with Gasteiger partial charge in [0.15, 0.2) is 23.0 Å². The molecule has 1 aromatic carbocycles. The number of pyridine rings is 2. The van der Waals surface area contributed by atoms with Crippen LogP contribution in [0.2, 0.25) is 0 Å². The summed E-state index contributed by atoms with van der Waals surface area (Å²) in [6.45, 7) is 2.05. The molecule has 0 saturated carbocycles. The van der Waals surface area contributed by atoms with E-state index in [9.17, 15) is 22.0 Å². The Bertz CT molecular complexity index is 1570. The lowest BCUT2D eigenvalue weighted by Crippen LogP contribution is -2.29. The number of H-pyrrole nitrogens is 1. The number of ether oxygens (including phenoxy) is 2. The first-order valence-electron chi connectivity index (χ1n) is 10.5. The van der Waals surface area contributed by atoms with Crippen LogP contribution in [0, 0.1) is 11.6 Å². The number of benzene rings is 1. The Hall–Kier alpha value is -3.80. The van der Waals surface area contributed by atoms with Gasteiger partial charge in [-0.2, -0.15) is 0 Å². The van der Waals surface area contributed by atoms with Crippen LogP contribution >= 0.6 is 0 Å². The summed E-state index contributed by atoms with van der Waals surface area (Å²) in [6, 6.07) is 7.25. The Morgan fingerprint density at radius 1 is 1.20 bits per heavy atom. The monoisotopic (exact) mass is 504 g/mol. The standard InChI is InChI=1S/C23H22F2N4O5S/c1-4-34-22-19(33-2)9-8-16(27-22)18(12-35(3,31)32)29-21-17(28-23(29)30)10-13(11-26-21)14-6-5-7-15(24)20(14)25/h5-11,18H,4,12H2,1-3H3,(H,28,30). The van der Waals surface area contributed by atoms with E-state index in [1.165, 1.54) is 36.1 Å². The van der Waals surface area contributed by atoms with Gasteiger partial charge in [-0.25, -0.2) is 32.0 Å². The molecular weight excluding hydrogens is 482 g/mol. The van der Waals surface area contributed by atoms with E-state index in [2.05, 4.69) is 15.0 Å². The Kier molecular flexibility index (Phi) is 6.57. The lowest BCUT2D eigenvalue weighted by molar-refractivity contribution is 0.296. The molecule has 12 heteroatoms. The first-order valence-corrected chi connectivity index (χ1v) is 12.6. The van der Waals surface area contributed by atoms with Crippen molar-refractivity contribution in [2.24, 2.45) is 0 Å². The summed E-state index contributed by atoms with van der Waals surface area (Å²) >= 11 is 0. The molecule has 0 amide bonds. The average Bonchev–Trinajstić information content (AvgIpc) is 3.13. The molecule has 0 bridgehead atoms. The molecule has 0 radical (unpaired) electrons. The van der Waals surface area contributed by atoms with E-state index in [1.54, 1.807) is 19.1 Å². The molecule has 3 aromatic heterocycles. The lowest BCUT2D eigenvalue weighted by atomic mass is 10.1. The Balaban J connectivity index is 1.89. The van der Waals surface area contributed by atoms with Gasteiger partial charge >= 0.3 is 5.69 Å². The normalized spacial score (nSPS) is 12.6. The number of imidazole rings is 1. The fourth-order valence-corrected chi connectivity index (χ4v) is 4.67. The number of hydrogen-bond donors (Lipinski definition) is 1. The zero-order valence-electron chi connectivity index (χ0n) is 19.1. The van der Waals surface area contributed by atoms with Crippen LogP contribution in [-0.2, 0) is 9.84 Å². The molecule has 35 heavy (non-hydrogen) atoms. The van der Waals surface area contributed by atoms with Crippen molar-refractivity contribution in [3.8, 4) is 22.8 Å². The summed E-state index contributed by atoms with van der Waals surface area (Å²) in [6.07, 6.45) is 2.33. The molecule has 0 aliphatic rings. The third kappa shape index (κ3) is 4.87. The van der Waals surface area contributed by atoms with Gasteiger partial charge in [0.25, 0.3) is 5.88 Å². The van der Waals surface area contributed by atoms with Gasteiger partial charge in [0.2, 0.25) is 0 Å². The lowest BCUT2D eigenvalue weighted by Gasteiger charge is -2.19. The van der Waals surface area contributed by atoms with Crippen LogP contribution in [0.3, 0.4) is 0 Å². The van der Waals surface area contributed by atoms with Crippen molar-refractivity contribution >= 4 is 21.0 Å². The first kappa shape index (κ1) is 24.3. The van der Waals surface area contributed by atoms with Crippen LogP contribution in [0.4, 0.5) is 8.78 Å². The first-order chi connectivity index (χ1) is 16.6. The van der Waals surface area contributed by atoms with Crippen molar-refractivity contribution in [3.05, 3.63) is 70.4 Å². The van der Waals surface area contributed by atoms with Gasteiger partial charge in [-0.1, -0.05) is 12.1 Å². The predicted octanol–water partition coefficient (Wildman–Crippen LogP) is 3.11. The molecule has 4 aromatic rings. The number of aromatic amines is 1. The zero-order valence-corrected chi connectivity index (χ0v) is 19.9. The second-order valence-electron chi connectivity index (χ2n) is 7.78. The van der Waals surface area contributed by atoms with Gasteiger partial charge in [-0.15, -0.1) is 0 Å².